The summed E-state index contributed by atoms with van der Waals surface area (Å²) in [6, 6.07) is 19.3. The second kappa shape index (κ2) is 8.84. The van der Waals surface area contributed by atoms with Crippen LogP contribution in [0.25, 0.3) is 5.57 Å². The predicted octanol–water partition coefficient (Wildman–Crippen LogP) is 4.91. The second-order valence-corrected chi connectivity index (χ2v) is 6.21. The Morgan fingerprint density at radius 3 is 2.24 bits per heavy atom. The molecule has 1 atom stereocenters. The standard InChI is InChI=1S/C22H23NO2/c1-4-16(2)15-25-22(24)20(14-23)21(18-8-6-5-7-9-18)19-12-10-17(3)11-13-19/h5-13,16H,4,15H2,1-3H3/b21-20-. The lowest BCUT2D eigenvalue weighted by molar-refractivity contribution is -0.139. The molecule has 0 aliphatic rings. The number of carbonyl (C=O) groups is 1. The summed E-state index contributed by atoms with van der Waals surface area (Å²) in [6.07, 6.45) is 0.919. The number of nitriles is 1. The van der Waals surface area contributed by atoms with E-state index in [2.05, 4.69) is 6.07 Å². The Hall–Kier alpha value is -2.86. The minimum absolute atomic E-state index is 0.0401. The van der Waals surface area contributed by atoms with E-state index in [-0.39, 0.29) is 11.5 Å². The minimum Gasteiger partial charge on any atom is -0.461 e. The summed E-state index contributed by atoms with van der Waals surface area (Å²) in [5.41, 5.74) is 3.42. The molecule has 0 aliphatic carbocycles. The molecule has 0 heterocycles. The fourth-order valence-corrected chi connectivity index (χ4v) is 2.39. The van der Waals surface area contributed by atoms with Crippen molar-refractivity contribution in [1.82, 2.24) is 0 Å². The Bertz CT molecular complexity index is 783. The molecule has 2 aromatic rings. The molecule has 0 saturated heterocycles. The Morgan fingerprint density at radius 2 is 1.68 bits per heavy atom. The first-order valence-corrected chi connectivity index (χ1v) is 8.50. The molecule has 2 aromatic carbocycles. The average molecular weight is 333 g/mol. The van der Waals surface area contributed by atoms with Gasteiger partial charge in [0.1, 0.15) is 11.6 Å². The first kappa shape index (κ1) is 18.5. The minimum atomic E-state index is -0.567. The van der Waals surface area contributed by atoms with Crippen molar-refractivity contribution in [2.24, 2.45) is 5.92 Å². The molecular weight excluding hydrogens is 310 g/mol. The van der Waals surface area contributed by atoms with Crippen LogP contribution in [0.3, 0.4) is 0 Å². The van der Waals surface area contributed by atoms with Gasteiger partial charge in [-0.1, -0.05) is 80.4 Å². The number of aryl methyl sites for hydroxylation is 1. The molecular formula is C22H23NO2. The molecule has 3 heteroatoms. The van der Waals surface area contributed by atoms with Crippen molar-refractivity contribution < 1.29 is 9.53 Å². The van der Waals surface area contributed by atoms with Gasteiger partial charge in [-0.25, -0.2) is 4.79 Å². The van der Waals surface area contributed by atoms with Gasteiger partial charge in [-0.15, -0.1) is 0 Å². The number of rotatable bonds is 6. The van der Waals surface area contributed by atoms with Gasteiger partial charge >= 0.3 is 5.97 Å². The van der Waals surface area contributed by atoms with Crippen molar-refractivity contribution >= 4 is 11.5 Å². The van der Waals surface area contributed by atoms with Gasteiger partial charge in [-0.2, -0.15) is 5.26 Å². The summed E-state index contributed by atoms with van der Waals surface area (Å²) in [5.74, 6) is -0.300. The highest BCUT2D eigenvalue weighted by Gasteiger charge is 2.20. The lowest BCUT2D eigenvalue weighted by Crippen LogP contribution is -2.14. The van der Waals surface area contributed by atoms with E-state index >= 15 is 0 Å². The van der Waals surface area contributed by atoms with E-state index in [0.29, 0.717) is 12.2 Å². The monoisotopic (exact) mass is 333 g/mol. The van der Waals surface area contributed by atoms with Crippen LogP contribution in [-0.4, -0.2) is 12.6 Å². The van der Waals surface area contributed by atoms with Crippen LogP contribution in [-0.2, 0) is 9.53 Å². The number of hydrogen-bond acceptors (Lipinski definition) is 3. The summed E-state index contributed by atoms with van der Waals surface area (Å²) in [7, 11) is 0. The fourth-order valence-electron chi connectivity index (χ4n) is 2.39. The summed E-state index contributed by atoms with van der Waals surface area (Å²) in [5, 5.41) is 9.66. The zero-order valence-electron chi connectivity index (χ0n) is 15.0. The number of nitrogens with zero attached hydrogens (tertiary/aromatic N) is 1. The van der Waals surface area contributed by atoms with Crippen molar-refractivity contribution in [3.8, 4) is 6.07 Å². The first-order chi connectivity index (χ1) is 12.1. The van der Waals surface area contributed by atoms with E-state index in [4.69, 9.17) is 4.74 Å². The highest BCUT2D eigenvalue weighted by molar-refractivity contribution is 6.05. The SMILES string of the molecule is CCC(C)COC(=O)/C(C#N)=C(/c1ccccc1)c1ccc(C)cc1. The summed E-state index contributed by atoms with van der Waals surface area (Å²) in [4.78, 5) is 12.5. The van der Waals surface area contributed by atoms with E-state index in [1.807, 2.05) is 75.4 Å². The maximum atomic E-state index is 12.5. The van der Waals surface area contributed by atoms with Crippen molar-refractivity contribution in [2.75, 3.05) is 6.61 Å². The number of carbonyl (C=O) groups excluding carboxylic acids is 1. The van der Waals surface area contributed by atoms with Crippen LogP contribution in [0.15, 0.2) is 60.2 Å². The molecule has 0 aliphatic heterocycles. The van der Waals surface area contributed by atoms with Crippen LogP contribution in [0.1, 0.15) is 37.0 Å². The molecule has 3 nitrogen and oxygen atoms in total. The van der Waals surface area contributed by atoms with E-state index < -0.39 is 5.97 Å². The molecule has 128 valence electrons. The van der Waals surface area contributed by atoms with Crippen molar-refractivity contribution in [3.63, 3.8) is 0 Å². The van der Waals surface area contributed by atoms with Crippen LogP contribution in [0.5, 0.6) is 0 Å². The molecule has 0 spiro atoms. The van der Waals surface area contributed by atoms with Crippen molar-refractivity contribution in [2.45, 2.75) is 27.2 Å². The van der Waals surface area contributed by atoms with E-state index in [1.54, 1.807) is 0 Å². The predicted molar refractivity (Wildman–Crippen MR) is 99.7 cm³/mol. The Balaban J connectivity index is 2.51. The quantitative estimate of drug-likeness (QED) is 0.429. The molecule has 0 amide bonds. The summed E-state index contributed by atoms with van der Waals surface area (Å²) >= 11 is 0. The number of ether oxygens (including phenoxy) is 1. The zero-order chi connectivity index (χ0) is 18.2. The van der Waals surface area contributed by atoms with E-state index in [0.717, 1.165) is 23.1 Å². The molecule has 0 radical (unpaired) electrons. The molecule has 0 bridgehead atoms. The molecule has 25 heavy (non-hydrogen) atoms. The van der Waals surface area contributed by atoms with Gasteiger partial charge in [0.05, 0.1) is 6.61 Å². The van der Waals surface area contributed by atoms with Gasteiger partial charge in [0, 0.05) is 5.57 Å². The summed E-state index contributed by atoms with van der Waals surface area (Å²) < 4.78 is 5.38. The van der Waals surface area contributed by atoms with Crippen LogP contribution < -0.4 is 0 Å². The van der Waals surface area contributed by atoms with Crippen LogP contribution in [0.4, 0.5) is 0 Å². The third-order valence-corrected chi connectivity index (χ3v) is 4.16. The van der Waals surface area contributed by atoms with Gasteiger partial charge in [0.15, 0.2) is 0 Å². The molecule has 2 rings (SSSR count). The maximum Gasteiger partial charge on any atom is 0.349 e. The van der Waals surface area contributed by atoms with Crippen molar-refractivity contribution in [3.05, 3.63) is 76.9 Å². The Morgan fingerprint density at radius 1 is 1.08 bits per heavy atom. The highest BCUT2D eigenvalue weighted by Crippen LogP contribution is 2.28. The lowest BCUT2D eigenvalue weighted by Gasteiger charge is -2.13. The molecule has 0 fully saturated rings. The first-order valence-electron chi connectivity index (χ1n) is 8.50. The molecule has 0 aromatic heterocycles. The number of hydrogen-bond donors (Lipinski definition) is 0. The topological polar surface area (TPSA) is 50.1 Å². The number of esters is 1. The van der Waals surface area contributed by atoms with Gasteiger partial charge in [0.2, 0.25) is 0 Å². The van der Waals surface area contributed by atoms with Crippen LogP contribution >= 0.6 is 0 Å². The second-order valence-electron chi connectivity index (χ2n) is 6.21. The summed E-state index contributed by atoms with van der Waals surface area (Å²) in [6.45, 7) is 6.38. The maximum absolute atomic E-state index is 12.5. The normalized spacial score (nSPS) is 12.7. The average Bonchev–Trinajstić information content (AvgIpc) is 2.65. The third kappa shape index (κ3) is 4.81. The van der Waals surface area contributed by atoms with Gasteiger partial charge in [-0.3, -0.25) is 0 Å². The van der Waals surface area contributed by atoms with Gasteiger partial charge < -0.3 is 4.74 Å². The highest BCUT2D eigenvalue weighted by atomic mass is 16.5. The third-order valence-electron chi connectivity index (χ3n) is 4.16. The van der Waals surface area contributed by atoms with Crippen molar-refractivity contribution in [1.29, 1.82) is 5.26 Å². The number of benzene rings is 2. The Kier molecular flexibility index (Phi) is 6.54. The largest absolute Gasteiger partial charge is 0.461 e. The zero-order valence-corrected chi connectivity index (χ0v) is 15.0. The molecule has 0 saturated carbocycles. The molecule has 0 N–H and O–H groups in total. The lowest BCUT2D eigenvalue weighted by atomic mass is 9.93. The van der Waals surface area contributed by atoms with E-state index in [9.17, 15) is 10.1 Å². The van der Waals surface area contributed by atoms with E-state index in [1.165, 1.54) is 0 Å². The molecule has 1 unspecified atom stereocenters. The fraction of sp³-hybridized carbons (Fsp3) is 0.273. The van der Waals surface area contributed by atoms with Crippen LogP contribution in [0.2, 0.25) is 0 Å². The van der Waals surface area contributed by atoms with Gasteiger partial charge in [-0.05, 0) is 24.0 Å². The smallest absolute Gasteiger partial charge is 0.349 e. The van der Waals surface area contributed by atoms with Gasteiger partial charge in [0.25, 0.3) is 0 Å². The Labute approximate surface area is 149 Å². The van der Waals surface area contributed by atoms with Crippen LogP contribution in [0, 0.1) is 24.2 Å².